The number of ether oxygens (including phenoxy) is 1. The number of ketones is 1. The molecule has 1 aliphatic rings. The molecule has 1 N–H and O–H groups in total. The van der Waals surface area contributed by atoms with Gasteiger partial charge in [-0.25, -0.2) is 0 Å². The maximum Gasteiger partial charge on any atom is 0.254 e. The summed E-state index contributed by atoms with van der Waals surface area (Å²) >= 11 is 0. The van der Waals surface area contributed by atoms with Crippen molar-refractivity contribution in [3.63, 3.8) is 0 Å². The highest BCUT2D eigenvalue weighted by atomic mass is 16.5. The molecule has 1 aliphatic heterocycles. The van der Waals surface area contributed by atoms with E-state index >= 15 is 0 Å². The van der Waals surface area contributed by atoms with Gasteiger partial charge < -0.3 is 14.7 Å². The molecule has 0 saturated carbocycles. The Kier molecular flexibility index (Phi) is 6.47. The summed E-state index contributed by atoms with van der Waals surface area (Å²) in [6.45, 7) is 3.22. The van der Waals surface area contributed by atoms with Gasteiger partial charge in [-0.05, 0) is 44.4 Å². The van der Waals surface area contributed by atoms with Gasteiger partial charge in [-0.15, -0.1) is 0 Å². The first-order valence-corrected chi connectivity index (χ1v) is 9.73. The van der Waals surface area contributed by atoms with E-state index in [0.29, 0.717) is 30.8 Å². The summed E-state index contributed by atoms with van der Waals surface area (Å²) in [5.74, 6) is 0.602. The highest BCUT2D eigenvalue weighted by Crippen LogP contribution is 2.35. The van der Waals surface area contributed by atoms with Crippen molar-refractivity contribution in [2.75, 3.05) is 26.3 Å². The zero-order valence-electron chi connectivity index (χ0n) is 16.3. The molecule has 2 aromatic rings. The Morgan fingerprint density at radius 3 is 2.21 bits per heavy atom. The molecule has 2 aromatic carbocycles. The highest BCUT2D eigenvalue weighted by molar-refractivity contribution is 6.07. The second kappa shape index (κ2) is 9.02. The fourth-order valence-electron chi connectivity index (χ4n) is 3.72. The number of rotatable bonds is 7. The molecule has 0 spiro atoms. The van der Waals surface area contributed by atoms with Crippen LogP contribution in [0.4, 0.5) is 0 Å². The van der Waals surface area contributed by atoms with Crippen molar-refractivity contribution in [1.29, 1.82) is 0 Å². The lowest BCUT2D eigenvalue weighted by Gasteiger charge is -2.41. The normalized spacial score (nSPS) is 15.9. The van der Waals surface area contributed by atoms with Gasteiger partial charge in [0.15, 0.2) is 5.78 Å². The minimum absolute atomic E-state index is 0.0806. The average Bonchev–Trinajstić information content (AvgIpc) is 2.74. The van der Waals surface area contributed by atoms with Crippen LogP contribution in [0.1, 0.15) is 46.9 Å². The van der Waals surface area contributed by atoms with Gasteiger partial charge in [-0.3, -0.25) is 9.59 Å². The smallest absolute Gasteiger partial charge is 0.254 e. The maximum atomic E-state index is 12.9. The second-order valence-corrected chi connectivity index (χ2v) is 7.46. The number of benzene rings is 2. The Hall–Kier alpha value is -2.66. The van der Waals surface area contributed by atoms with Gasteiger partial charge in [0, 0.05) is 30.7 Å². The second-order valence-electron chi connectivity index (χ2n) is 7.46. The van der Waals surface area contributed by atoms with E-state index in [4.69, 9.17) is 4.74 Å². The molecule has 5 nitrogen and oxygen atoms in total. The molecule has 0 bridgehead atoms. The van der Waals surface area contributed by atoms with Crippen LogP contribution in [0, 0.1) is 5.41 Å². The number of Topliss-reactive ketones (excluding diaryl/α,β-unsaturated/α-hetero) is 1. The topological polar surface area (TPSA) is 66.8 Å². The summed E-state index contributed by atoms with van der Waals surface area (Å²) in [5, 5.41) is 9.99. The Bertz CT molecular complexity index is 810. The van der Waals surface area contributed by atoms with Crippen molar-refractivity contribution in [2.24, 2.45) is 5.41 Å². The molecule has 0 unspecified atom stereocenters. The molecule has 0 radical (unpaired) electrons. The van der Waals surface area contributed by atoms with Crippen LogP contribution < -0.4 is 4.74 Å². The van der Waals surface area contributed by atoms with Crippen molar-refractivity contribution < 1.29 is 19.4 Å². The van der Waals surface area contributed by atoms with Crippen LogP contribution in [0.25, 0.3) is 0 Å². The number of hydrogen-bond acceptors (Lipinski definition) is 4. The van der Waals surface area contributed by atoms with E-state index in [2.05, 4.69) is 0 Å². The fraction of sp³-hybridized carbons (Fsp3) is 0.391. The Labute approximate surface area is 165 Å². The molecule has 1 heterocycles. The molecule has 5 heteroatoms. The van der Waals surface area contributed by atoms with E-state index in [1.165, 1.54) is 6.92 Å². The van der Waals surface area contributed by atoms with Crippen LogP contribution in [0.3, 0.4) is 0 Å². The molecule has 148 valence electrons. The van der Waals surface area contributed by atoms with Crippen LogP contribution in [0.15, 0.2) is 54.6 Å². The zero-order chi connectivity index (χ0) is 20.0. The van der Waals surface area contributed by atoms with Gasteiger partial charge in [0.25, 0.3) is 5.91 Å². The number of piperidine rings is 1. The Morgan fingerprint density at radius 2 is 1.61 bits per heavy atom. The average molecular weight is 381 g/mol. The van der Waals surface area contributed by atoms with Crippen LogP contribution >= 0.6 is 0 Å². The van der Waals surface area contributed by atoms with Gasteiger partial charge in [0.05, 0.1) is 12.2 Å². The molecule has 28 heavy (non-hydrogen) atoms. The molecule has 0 aromatic heterocycles. The fourth-order valence-corrected chi connectivity index (χ4v) is 3.72. The van der Waals surface area contributed by atoms with E-state index in [1.807, 2.05) is 30.3 Å². The largest absolute Gasteiger partial charge is 0.494 e. The lowest BCUT2D eigenvalue weighted by molar-refractivity contribution is 0.0241. The predicted molar refractivity (Wildman–Crippen MR) is 108 cm³/mol. The minimum Gasteiger partial charge on any atom is -0.494 e. The third-order valence-corrected chi connectivity index (χ3v) is 5.63. The first-order valence-electron chi connectivity index (χ1n) is 9.73. The highest BCUT2D eigenvalue weighted by Gasteiger charge is 2.36. The van der Waals surface area contributed by atoms with Crippen molar-refractivity contribution in [1.82, 2.24) is 4.90 Å². The van der Waals surface area contributed by atoms with Gasteiger partial charge in [-0.1, -0.05) is 36.4 Å². The van der Waals surface area contributed by atoms with Crippen molar-refractivity contribution >= 4 is 11.7 Å². The molecule has 1 saturated heterocycles. The number of carbonyl (C=O) groups excluding carboxylic acids is 2. The van der Waals surface area contributed by atoms with E-state index in [9.17, 15) is 14.7 Å². The number of carbonyl (C=O) groups is 2. The number of aliphatic hydroxyl groups excluding tert-OH is 1. The first-order chi connectivity index (χ1) is 13.5. The molecule has 1 fully saturated rings. The number of hydrogen-bond donors (Lipinski definition) is 1. The van der Waals surface area contributed by atoms with Crippen molar-refractivity contribution in [3.05, 3.63) is 65.7 Å². The van der Waals surface area contributed by atoms with Gasteiger partial charge >= 0.3 is 0 Å². The number of nitrogens with zero attached hydrogens (tertiary/aromatic N) is 1. The maximum absolute atomic E-state index is 12.9. The van der Waals surface area contributed by atoms with Crippen LogP contribution in [0.2, 0.25) is 0 Å². The van der Waals surface area contributed by atoms with E-state index < -0.39 is 0 Å². The first kappa shape index (κ1) is 20.1. The van der Waals surface area contributed by atoms with Crippen LogP contribution in [0.5, 0.6) is 5.75 Å². The zero-order valence-corrected chi connectivity index (χ0v) is 16.3. The lowest BCUT2D eigenvalue weighted by Crippen LogP contribution is -2.45. The Morgan fingerprint density at radius 1 is 1.00 bits per heavy atom. The van der Waals surface area contributed by atoms with Crippen molar-refractivity contribution in [3.8, 4) is 5.75 Å². The summed E-state index contributed by atoms with van der Waals surface area (Å²) in [7, 11) is 0. The molecular formula is C23H27NO4. The van der Waals surface area contributed by atoms with Gasteiger partial charge in [0.1, 0.15) is 5.75 Å². The molecule has 3 rings (SSSR count). The Balaban J connectivity index is 1.59. The molecule has 0 atom stereocenters. The van der Waals surface area contributed by atoms with E-state index in [1.54, 1.807) is 29.2 Å². The van der Waals surface area contributed by atoms with Crippen LogP contribution in [-0.2, 0) is 0 Å². The third-order valence-electron chi connectivity index (χ3n) is 5.63. The summed E-state index contributed by atoms with van der Waals surface area (Å²) in [5.41, 5.74) is 0.688. The predicted octanol–water partition coefficient (Wildman–Crippen LogP) is 3.57. The van der Waals surface area contributed by atoms with Crippen LogP contribution in [-0.4, -0.2) is 48.0 Å². The molecule has 0 aliphatic carbocycles. The summed E-state index contributed by atoms with van der Waals surface area (Å²) in [6.07, 6.45) is 2.18. The third kappa shape index (κ3) is 4.60. The quantitative estimate of drug-likeness (QED) is 0.745. The van der Waals surface area contributed by atoms with Gasteiger partial charge in [-0.2, -0.15) is 0 Å². The number of para-hydroxylation sites is 1. The van der Waals surface area contributed by atoms with E-state index in [-0.39, 0.29) is 23.7 Å². The number of likely N-dealkylation sites (tertiary alicyclic amines) is 1. The number of amides is 1. The van der Waals surface area contributed by atoms with Crippen molar-refractivity contribution in [2.45, 2.75) is 26.2 Å². The minimum atomic E-state index is -0.231. The summed E-state index contributed by atoms with van der Waals surface area (Å²) in [6, 6.07) is 16.6. The summed E-state index contributed by atoms with van der Waals surface area (Å²) in [4.78, 5) is 26.5. The standard InChI is InChI=1S/C23H27NO4/c1-18(26)20-9-5-6-10-21(20)22(27)24-14-11-23(17-25,12-15-24)13-16-28-19-7-3-2-4-8-19/h2-10,25H,11-17H2,1H3. The number of aliphatic hydroxyl groups is 1. The molecule has 1 amide bonds. The lowest BCUT2D eigenvalue weighted by atomic mass is 9.76. The molecular weight excluding hydrogens is 354 g/mol. The SMILES string of the molecule is CC(=O)c1ccccc1C(=O)N1CCC(CO)(CCOc2ccccc2)CC1. The van der Waals surface area contributed by atoms with E-state index in [0.717, 1.165) is 25.0 Å². The van der Waals surface area contributed by atoms with Gasteiger partial charge in [0.2, 0.25) is 0 Å². The monoisotopic (exact) mass is 381 g/mol. The summed E-state index contributed by atoms with van der Waals surface area (Å²) < 4.78 is 5.79.